The van der Waals surface area contributed by atoms with E-state index >= 15 is 0 Å². The Labute approximate surface area is 119 Å². The summed E-state index contributed by atoms with van der Waals surface area (Å²) in [5, 5.41) is 8.45. The van der Waals surface area contributed by atoms with E-state index in [-0.39, 0.29) is 0 Å². The Balaban J connectivity index is 2.44. The summed E-state index contributed by atoms with van der Waals surface area (Å²) in [6.07, 6.45) is 0. The molecule has 0 atom stereocenters. The molecule has 102 valence electrons. The zero-order valence-electron chi connectivity index (χ0n) is 11.9. The standard InChI is InChI=1S/C15H20ClN3/c1-10(2)12-5-7-13(8-6-12)15-18-17-14(9-16)19(15)11(3)4/h5-8,10-11H,9H2,1-4H3. The Bertz CT molecular complexity index is 541. The zero-order valence-corrected chi connectivity index (χ0v) is 12.6. The summed E-state index contributed by atoms with van der Waals surface area (Å²) in [6.45, 7) is 8.62. The molecule has 1 aromatic heterocycles. The minimum Gasteiger partial charge on any atom is -0.307 e. The molecule has 0 saturated heterocycles. The molecule has 0 radical (unpaired) electrons. The molecule has 2 aromatic rings. The van der Waals surface area contributed by atoms with Crippen LogP contribution in [-0.2, 0) is 5.88 Å². The first-order valence-electron chi connectivity index (χ1n) is 6.64. The molecule has 0 aliphatic heterocycles. The maximum Gasteiger partial charge on any atom is 0.164 e. The second-order valence-electron chi connectivity index (χ2n) is 5.31. The Kier molecular flexibility index (Phi) is 4.25. The van der Waals surface area contributed by atoms with Gasteiger partial charge < -0.3 is 4.57 Å². The van der Waals surface area contributed by atoms with E-state index in [1.807, 2.05) is 0 Å². The van der Waals surface area contributed by atoms with Gasteiger partial charge >= 0.3 is 0 Å². The highest BCUT2D eigenvalue weighted by molar-refractivity contribution is 6.16. The molecular weight excluding hydrogens is 258 g/mol. The first-order chi connectivity index (χ1) is 9.04. The molecule has 1 heterocycles. The lowest BCUT2D eigenvalue weighted by Crippen LogP contribution is -2.07. The Morgan fingerprint density at radius 3 is 2.16 bits per heavy atom. The summed E-state index contributed by atoms with van der Waals surface area (Å²) in [7, 11) is 0. The second kappa shape index (κ2) is 5.74. The molecule has 0 N–H and O–H groups in total. The highest BCUT2D eigenvalue weighted by atomic mass is 35.5. The van der Waals surface area contributed by atoms with E-state index in [2.05, 4.69) is 66.7 Å². The molecule has 0 amide bonds. The van der Waals surface area contributed by atoms with Crippen LogP contribution < -0.4 is 0 Å². The third kappa shape index (κ3) is 2.81. The van der Waals surface area contributed by atoms with Crippen LogP contribution in [-0.4, -0.2) is 14.8 Å². The predicted octanol–water partition coefficient (Wildman–Crippen LogP) is 4.39. The van der Waals surface area contributed by atoms with E-state index in [1.54, 1.807) is 0 Å². The van der Waals surface area contributed by atoms with Crippen LogP contribution in [0.25, 0.3) is 11.4 Å². The largest absolute Gasteiger partial charge is 0.307 e. The topological polar surface area (TPSA) is 30.7 Å². The number of benzene rings is 1. The summed E-state index contributed by atoms with van der Waals surface area (Å²) in [6, 6.07) is 8.81. The monoisotopic (exact) mass is 277 g/mol. The second-order valence-corrected chi connectivity index (χ2v) is 5.58. The SMILES string of the molecule is CC(C)c1ccc(-c2nnc(CCl)n2C(C)C)cc1. The van der Waals surface area contributed by atoms with Gasteiger partial charge in [-0.2, -0.15) is 0 Å². The molecule has 0 unspecified atom stereocenters. The van der Waals surface area contributed by atoms with Crippen molar-refractivity contribution in [3.05, 3.63) is 35.7 Å². The lowest BCUT2D eigenvalue weighted by Gasteiger charge is -2.13. The lowest BCUT2D eigenvalue weighted by molar-refractivity contribution is 0.585. The number of rotatable bonds is 4. The summed E-state index contributed by atoms with van der Waals surface area (Å²) in [5.74, 6) is 2.63. The van der Waals surface area contributed by atoms with Crippen LogP contribution >= 0.6 is 11.6 Å². The molecule has 4 heteroatoms. The van der Waals surface area contributed by atoms with E-state index < -0.39 is 0 Å². The molecule has 0 fully saturated rings. The molecule has 0 spiro atoms. The number of hydrogen-bond acceptors (Lipinski definition) is 2. The normalized spacial score (nSPS) is 11.5. The molecule has 0 aliphatic rings. The summed E-state index contributed by atoms with van der Waals surface area (Å²) < 4.78 is 2.09. The van der Waals surface area contributed by atoms with Crippen LogP contribution in [0.2, 0.25) is 0 Å². The van der Waals surface area contributed by atoms with Crippen molar-refractivity contribution in [1.29, 1.82) is 0 Å². The van der Waals surface area contributed by atoms with Crippen LogP contribution in [0.3, 0.4) is 0 Å². The Morgan fingerprint density at radius 2 is 1.68 bits per heavy atom. The van der Waals surface area contributed by atoms with Crippen LogP contribution in [0.1, 0.15) is 51.0 Å². The van der Waals surface area contributed by atoms with Crippen LogP contribution in [0.5, 0.6) is 0 Å². The number of halogens is 1. The molecule has 0 bridgehead atoms. The van der Waals surface area contributed by atoms with Crippen molar-refractivity contribution in [3.63, 3.8) is 0 Å². The van der Waals surface area contributed by atoms with Gasteiger partial charge in [0.15, 0.2) is 5.82 Å². The van der Waals surface area contributed by atoms with Gasteiger partial charge in [0.25, 0.3) is 0 Å². The van der Waals surface area contributed by atoms with Gasteiger partial charge in [0, 0.05) is 11.6 Å². The molecule has 2 rings (SSSR count). The Hall–Kier alpha value is -1.35. The smallest absolute Gasteiger partial charge is 0.164 e. The first-order valence-corrected chi connectivity index (χ1v) is 7.18. The summed E-state index contributed by atoms with van der Waals surface area (Å²) >= 11 is 5.92. The average Bonchev–Trinajstić information content (AvgIpc) is 2.82. The maximum absolute atomic E-state index is 5.92. The number of aromatic nitrogens is 3. The minimum atomic E-state index is 0.295. The minimum absolute atomic E-state index is 0.295. The quantitative estimate of drug-likeness (QED) is 0.776. The molecule has 3 nitrogen and oxygen atoms in total. The van der Waals surface area contributed by atoms with E-state index in [4.69, 9.17) is 11.6 Å². The third-order valence-corrected chi connectivity index (χ3v) is 3.48. The van der Waals surface area contributed by atoms with Crippen molar-refractivity contribution >= 4 is 11.6 Å². The highest BCUT2D eigenvalue weighted by Crippen LogP contribution is 2.25. The van der Waals surface area contributed by atoms with Crippen LogP contribution in [0, 0.1) is 0 Å². The fourth-order valence-corrected chi connectivity index (χ4v) is 2.35. The van der Waals surface area contributed by atoms with E-state index in [9.17, 15) is 0 Å². The van der Waals surface area contributed by atoms with Gasteiger partial charge in [-0.1, -0.05) is 38.1 Å². The van der Waals surface area contributed by atoms with Gasteiger partial charge in [-0.15, -0.1) is 21.8 Å². The van der Waals surface area contributed by atoms with E-state index in [1.165, 1.54) is 5.56 Å². The summed E-state index contributed by atoms with van der Waals surface area (Å²) in [4.78, 5) is 0. The van der Waals surface area contributed by atoms with Crippen molar-refractivity contribution in [3.8, 4) is 11.4 Å². The van der Waals surface area contributed by atoms with Crippen LogP contribution in [0.15, 0.2) is 24.3 Å². The van der Waals surface area contributed by atoms with E-state index in [0.717, 1.165) is 17.2 Å². The zero-order chi connectivity index (χ0) is 14.0. The highest BCUT2D eigenvalue weighted by Gasteiger charge is 2.15. The molecule has 0 aliphatic carbocycles. The summed E-state index contributed by atoms with van der Waals surface area (Å²) in [5.41, 5.74) is 2.42. The number of hydrogen-bond donors (Lipinski definition) is 0. The van der Waals surface area contributed by atoms with E-state index in [0.29, 0.717) is 17.8 Å². The van der Waals surface area contributed by atoms with Crippen molar-refractivity contribution in [2.45, 2.75) is 45.5 Å². The van der Waals surface area contributed by atoms with Gasteiger partial charge in [0.1, 0.15) is 5.82 Å². The van der Waals surface area contributed by atoms with Crippen molar-refractivity contribution in [2.75, 3.05) is 0 Å². The van der Waals surface area contributed by atoms with Crippen LogP contribution in [0.4, 0.5) is 0 Å². The molecule has 0 saturated carbocycles. The molecular formula is C15H20ClN3. The molecule has 1 aromatic carbocycles. The van der Waals surface area contributed by atoms with Crippen molar-refractivity contribution in [1.82, 2.24) is 14.8 Å². The third-order valence-electron chi connectivity index (χ3n) is 3.24. The van der Waals surface area contributed by atoms with Gasteiger partial charge in [-0.05, 0) is 25.3 Å². The van der Waals surface area contributed by atoms with Crippen molar-refractivity contribution in [2.24, 2.45) is 0 Å². The molecule has 19 heavy (non-hydrogen) atoms. The van der Waals surface area contributed by atoms with Gasteiger partial charge in [-0.3, -0.25) is 0 Å². The van der Waals surface area contributed by atoms with Gasteiger partial charge in [-0.25, -0.2) is 0 Å². The Morgan fingerprint density at radius 1 is 1.05 bits per heavy atom. The fraction of sp³-hybridized carbons (Fsp3) is 0.467. The number of alkyl halides is 1. The number of nitrogens with zero attached hydrogens (tertiary/aromatic N) is 3. The first kappa shape index (κ1) is 14.1. The maximum atomic E-state index is 5.92. The lowest BCUT2D eigenvalue weighted by atomic mass is 10.0. The van der Waals surface area contributed by atoms with Gasteiger partial charge in [0.2, 0.25) is 0 Å². The van der Waals surface area contributed by atoms with Crippen molar-refractivity contribution < 1.29 is 0 Å². The average molecular weight is 278 g/mol. The predicted molar refractivity (Wildman–Crippen MR) is 79.5 cm³/mol. The van der Waals surface area contributed by atoms with Gasteiger partial charge in [0.05, 0.1) is 5.88 Å². The fourth-order valence-electron chi connectivity index (χ4n) is 2.17.